The molecule has 0 aromatic heterocycles. The molecule has 1 aliphatic heterocycles. The second-order valence-corrected chi connectivity index (χ2v) is 23.7. The molecule has 0 saturated heterocycles. The molecule has 298 valence electrons. The predicted octanol–water partition coefficient (Wildman–Crippen LogP) is 14.1. The van der Waals surface area contributed by atoms with Gasteiger partial charge < -0.3 is 0 Å². The van der Waals surface area contributed by atoms with Crippen LogP contribution in [0.5, 0.6) is 11.5 Å². The van der Waals surface area contributed by atoms with Crippen LogP contribution in [0.3, 0.4) is 0 Å². The Kier molecular flexibility index (Phi) is 11.3. The van der Waals surface area contributed by atoms with Gasteiger partial charge in [-0.05, 0) is 0 Å². The van der Waals surface area contributed by atoms with Crippen molar-refractivity contribution in [2.75, 3.05) is 6.61 Å². The first kappa shape index (κ1) is 41.8. The van der Waals surface area contributed by atoms with E-state index in [1.807, 2.05) is 19.4 Å². The molecule has 0 N–H and O–H groups in total. The maximum absolute atomic E-state index is 7.27. The molecule has 5 nitrogen and oxygen atoms in total. The van der Waals surface area contributed by atoms with E-state index in [1.54, 1.807) is 0 Å². The van der Waals surface area contributed by atoms with Crippen molar-refractivity contribution < 1.29 is 8.56 Å². The number of benzene rings is 6. The van der Waals surface area contributed by atoms with Gasteiger partial charge in [0.1, 0.15) is 0 Å². The Morgan fingerprint density at radius 2 is 0.897 bits per heavy atom. The second-order valence-electron chi connectivity index (χ2n) is 19.7. The van der Waals surface area contributed by atoms with Crippen LogP contribution in [0.2, 0.25) is 0 Å². The minimum atomic E-state index is -3.89. The van der Waals surface area contributed by atoms with E-state index in [4.69, 9.17) is 18.5 Å². The number of nitrogens with zero attached hydrogens (tertiary/aromatic N) is 2. The van der Waals surface area contributed by atoms with Crippen LogP contribution in [0.1, 0.15) is 123 Å². The molecule has 0 spiro atoms. The van der Waals surface area contributed by atoms with E-state index in [0.717, 1.165) is 77.8 Å². The average Bonchev–Trinajstić information content (AvgIpc) is 3.14. The molecule has 1 aliphatic rings. The fourth-order valence-electron chi connectivity index (χ4n) is 7.70. The van der Waals surface area contributed by atoms with Crippen molar-refractivity contribution in [1.29, 1.82) is 0 Å². The molecular formula is C52H59InN2O3. The zero-order valence-corrected chi connectivity index (χ0v) is 40.1. The number of hydrogen-bond donors (Lipinski definition) is 0. The Morgan fingerprint density at radius 3 is 1.26 bits per heavy atom. The summed E-state index contributed by atoms with van der Waals surface area (Å²) in [5.74, 6) is 1.56. The average molecular weight is 875 g/mol. The molecule has 0 saturated carbocycles. The molecule has 58 heavy (non-hydrogen) atoms. The summed E-state index contributed by atoms with van der Waals surface area (Å²) in [6.45, 7) is 29.6. The van der Waals surface area contributed by atoms with E-state index in [1.165, 1.54) is 11.1 Å². The van der Waals surface area contributed by atoms with Gasteiger partial charge in [0, 0.05) is 0 Å². The van der Waals surface area contributed by atoms with Gasteiger partial charge in [0.25, 0.3) is 0 Å². The molecule has 0 bridgehead atoms. The van der Waals surface area contributed by atoms with Crippen molar-refractivity contribution in [3.8, 4) is 22.6 Å². The van der Waals surface area contributed by atoms with Crippen LogP contribution < -0.4 is 5.71 Å². The first-order chi connectivity index (χ1) is 27.2. The first-order valence-electron chi connectivity index (χ1n) is 20.7. The van der Waals surface area contributed by atoms with Gasteiger partial charge in [-0.2, -0.15) is 0 Å². The van der Waals surface area contributed by atoms with E-state index < -0.39 is 22.7 Å². The van der Waals surface area contributed by atoms with E-state index in [2.05, 4.69) is 180 Å². The van der Waals surface area contributed by atoms with Crippen LogP contribution in [-0.2, 0) is 24.5 Å². The first-order valence-corrected chi connectivity index (χ1v) is 24.7. The van der Waals surface area contributed by atoms with Crippen molar-refractivity contribution in [3.05, 3.63) is 130 Å². The Bertz CT molecular complexity index is 2400. The summed E-state index contributed by atoms with van der Waals surface area (Å²) in [5, 5.41) is 4.52. The van der Waals surface area contributed by atoms with Crippen molar-refractivity contribution in [3.63, 3.8) is 0 Å². The molecule has 0 aliphatic carbocycles. The molecule has 0 amide bonds. The summed E-state index contributed by atoms with van der Waals surface area (Å²) in [4.78, 5) is 10.8. The van der Waals surface area contributed by atoms with Crippen LogP contribution in [0, 0.1) is 0 Å². The Hall–Kier alpha value is -4.39. The van der Waals surface area contributed by atoms with Crippen molar-refractivity contribution in [2.24, 2.45) is 9.98 Å². The predicted molar refractivity (Wildman–Crippen MR) is 248 cm³/mol. The molecule has 7 rings (SSSR count). The van der Waals surface area contributed by atoms with Crippen molar-refractivity contribution in [1.82, 2.24) is 0 Å². The fraction of sp³-hybridized carbons (Fsp3) is 0.346. The number of aliphatic imine (C=N–C) groups is 2. The van der Waals surface area contributed by atoms with Gasteiger partial charge in [-0.15, -0.1) is 0 Å². The quantitative estimate of drug-likeness (QED) is 0.174. The van der Waals surface area contributed by atoms with Crippen LogP contribution in [0.15, 0.2) is 107 Å². The fourth-order valence-corrected chi connectivity index (χ4v) is 11.6. The topological polar surface area (TPSA) is 52.4 Å². The standard InChI is InChI=1S/C50H56N2O2.C2H5O.In/c1-47(2,3)35-25-33(45(53)39(27-35)49(7,8)9)29-51-41-23-21-31-17-13-15-19-37(31)43(41)44-38-20-16-14-18-32(38)22-24-42(44)52-30-34-26-36(48(4,5)6)28-40(46(34)54)50(10,11)12;1-2-3;/h13-30,53-54H,1-12H3;2H2,1H3;/q;-1;+3/p-2. The minimum absolute atomic E-state index is 0.117. The zero-order chi connectivity index (χ0) is 41.8. The van der Waals surface area contributed by atoms with E-state index in [-0.39, 0.29) is 21.7 Å². The third-order valence-corrected chi connectivity index (χ3v) is 15.2. The van der Waals surface area contributed by atoms with Crippen LogP contribution >= 0.6 is 0 Å². The Morgan fingerprint density at radius 1 is 0.500 bits per heavy atom. The molecule has 6 aromatic carbocycles. The van der Waals surface area contributed by atoms with E-state index >= 15 is 0 Å². The van der Waals surface area contributed by atoms with E-state index in [0.29, 0.717) is 6.61 Å². The molecule has 1 heterocycles. The third-order valence-electron chi connectivity index (χ3n) is 11.1. The van der Waals surface area contributed by atoms with Gasteiger partial charge in [-0.25, -0.2) is 0 Å². The van der Waals surface area contributed by atoms with Crippen molar-refractivity contribution >= 4 is 68.1 Å². The summed E-state index contributed by atoms with van der Waals surface area (Å²) in [7, 11) is 0. The molecule has 0 atom stereocenters. The molecule has 0 radical (unpaired) electrons. The monoisotopic (exact) mass is 874 g/mol. The summed E-state index contributed by atoms with van der Waals surface area (Å²) in [6, 6.07) is 34.9. The van der Waals surface area contributed by atoms with Gasteiger partial charge in [-0.3, -0.25) is 0 Å². The zero-order valence-electron chi connectivity index (χ0n) is 36.8. The summed E-state index contributed by atoms with van der Waals surface area (Å²) < 4.78 is 21.1. The maximum atomic E-state index is 7.27. The third kappa shape index (κ3) is 8.51. The SMILES string of the molecule is CC[O][In]1[O]c2c(cc(C(C)(C)C)cc2C(C)(C)C)C=Nc2ccc3ccccc3c2-c2c(ccc3ccccc23)N=Cc2cc(C(C)(C)C)cc(C(C)(C)C)c2[O]1. The molecule has 0 unspecified atom stereocenters. The van der Waals surface area contributed by atoms with Crippen LogP contribution in [0.4, 0.5) is 11.4 Å². The van der Waals surface area contributed by atoms with Gasteiger partial charge in [0.05, 0.1) is 0 Å². The Balaban J connectivity index is 1.66. The summed E-state index contributed by atoms with van der Waals surface area (Å²) >= 11 is -3.89. The second kappa shape index (κ2) is 15.7. The van der Waals surface area contributed by atoms with E-state index in [9.17, 15) is 0 Å². The normalized spacial score (nSPS) is 13.8. The Labute approximate surface area is 355 Å². The van der Waals surface area contributed by atoms with Gasteiger partial charge in [0.15, 0.2) is 0 Å². The molecular weight excluding hydrogens is 815 g/mol. The van der Waals surface area contributed by atoms with Gasteiger partial charge in [-0.1, -0.05) is 0 Å². The summed E-state index contributed by atoms with van der Waals surface area (Å²) in [5.41, 5.74) is 9.52. The van der Waals surface area contributed by atoms with Crippen LogP contribution in [0.25, 0.3) is 32.7 Å². The van der Waals surface area contributed by atoms with Crippen LogP contribution in [-0.4, -0.2) is 41.8 Å². The van der Waals surface area contributed by atoms with Crippen molar-refractivity contribution in [2.45, 2.75) is 112 Å². The number of rotatable bonds is 2. The summed E-state index contributed by atoms with van der Waals surface area (Å²) in [6.07, 6.45) is 4.00. The molecule has 6 heteroatoms. The van der Waals surface area contributed by atoms with Gasteiger partial charge >= 0.3 is 358 Å². The number of fused-ring (bicyclic) bond motifs is 9. The molecule has 6 aromatic rings. The number of hydrogen-bond acceptors (Lipinski definition) is 5. The molecule has 0 fully saturated rings. The van der Waals surface area contributed by atoms with Gasteiger partial charge in [0.2, 0.25) is 0 Å².